The first-order valence-corrected chi connectivity index (χ1v) is 9.10. The van der Waals surface area contributed by atoms with Gasteiger partial charge in [-0.2, -0.15) is 0 Å². The van der Waals surface area contributed by atoms with E-state index in [1.165, 1.54) is 4.90 Å². The highest BCUT2D eigenvalue weighted by Gasteiger charge is 2.59. The SMILES string of the molecule is O=C1[C@@H]2[C@@H](C(=O)N1c1ccc(Oc3ccccc3Cl)cc1)[C@H]1C=C[C@@H]2C1. The van der Waals surface area contributed by atoms with Crippen LogP contribution in [0.4, 0.5) is 5.69 Å². The van der Waals surface area contributed by atoms with Crippen molar-refractivity contribution in [3.8, 4) is 11.5 Å². The van der Waals surface area contributed by atoms with Crippen LogP contribution in [-0.2, 0) is 9.59 Å². The molecule has 1 saturated heterocycles. The molecule has 2 amide bonds. The second kappa shape index (κ2) is 5.71. The van der Waals surface area contributed by atoms with Gasteiger partial charge in [-0.25, -0.2) is 0 Å². The quantitative estimate of drug-likeness (QED) is 0.596. The number of anilines is 1. The number of hydrogen-bond acceptors (Lipinski definition) is 3. The van der Waals surface area contributed by atoms with Crippen molar-refractivity contribution in [3.63, 3.8) is 0 Å². The Morgan fingerprint density at radius 1 is 0.885 bits per heavy atom. The molecule has 0 spiro atoms. The molecule has 2 aliphatic carbocycles. The molecule has 1 saturated carbocycles. The molecule has 0 unspecified atom stereocenters. The summed E-state index contributed by atoms with van der Waals surface area (Å²) in [6, 6.07) is 14.2. The molecule has 4 nitrogen and oxygen atoms in total. The van der Waals surface area contributed by atoms with Crippen LogP contribution in [0.15, 0.2) is 60.7 Å². The van der Waals surface area contributed by atoms with E-state index in [9.17, 15) is 9.59 Å². The third-order valence-corrected chi connectivity index (χ3v) is 5.94. The molecule has 0 radical (unpaired) electrons. The van der Waals surface area contributed by atoms with Gasteiger partial charge in [0.1, 0.15) is 11.5 Å². The topological polar surface area (TPSA) is 46.6 Å². The van der Waals surface area contributed by atoms with Crippen LogP contribution in [0.2, 0.25) is 5.02 Å². The van der Waals surface area contributed by atoms with Gasteiger partial charge in [0.05, 0.1) is 22.5 Å². The summed E-state index contributed by atoms with van der Waals surface area (Å²) in [5.74, 6) is 1.08. The van der Waals surface area contributed by atoms with Crippen molar-refractivity contribution in [1.82, 2.24) is 0 Å². The highest BCUT2D eigenvalue weighted by molar-refractivity contribution is 6.32. The molecule has 2 aromatic rings. The number of allylic oxidation sites excluding steroid dienone is 2. The Hall–Kier alpha value is -2.59. The van der Waals surface area contributed by atoms with Crippen LogP contribution in [-0.4, -0.2) is 11.8 Å². The van der Waals surface area contributed by atoms with Crippen LogP contribution in [0.3, 0.4) is 0 Å². The summed E-state index contributed by atoms with van der Waals surface area (Å²) < 4.78 is 5.77. The molecule has 2 bridgehead atoms. The van der Waals surface area contributed by atoms with Crippen LogP contribution in [0.1, 0.15) is 6.42 Å². The van der Waals surface area contributed by atoms with Gasteiger partial charge in [0.25, 0.3) is 0 Å². The summed E-state index contributed by atoms with van der Waals surface area (Å²) in [6.07, 6.45) is 5.13. The lowest BCUT2D eigenvalue weighted by Crippen LogP contribution is -2.32. The first-order chi connectivity index (χ1) is 12.6. The highest BCUT2D eigenvalue weighted by Crippen LogP contribution is 2.53. The number of benzene rings is 2. The zero-order valence-corrected chi connectivity index (χ0v) is 14.6. The summed E-state index contributed by atoms with van der Waals surface area (Å²) in [5, 5.41) is 0.525. The molecule has 5 rings (SSSR count). The van der Waals surface area contributed by atoms with E-state index in [-0.39, 0.29) is 35.5 Å². The maximum Gasteiger partial charge on any atom is 0.238 e. The van der Waals surface area contributed by atoms with Gasteiger partial charge in [-0.05, 0) is 54.7 Å². The Labute approximate surface area is 156 Å². The zero-order chi connectivity index (χ0) is 17.8. The second-order valence-electron chi connectivity index (χ2n) is 7.04. The van der Waals surface area contributed by atoms with Gasteiger partial charge in [-0.3, -0.25) is 14.5 Å². The average molecular weight is 366 g/mol. The number of hydrogen-bond donors (Lipinski definition) is 0. The predicted molar refractivity (Wildman–Crippen MR) is 98.2 cm³/mol. The minimum Gasteiger partial charge on any atom is -0.456 e. The molecule has 1 aliphatic heterocycles. The van der Waals surface area contributed by atoms with Crippen molar-refractivity contribution in [2.75, 3.05) is 4.90 Å². The number of carbonyl (C=O) groups is 2. The molecule has 1 heterocycles. The molecule has 3 aliphatic rings. The third-order valence-electron chi connectivity index (χ3n) is 5.63. The predicted octanol–water partition coefficient (Wildman–Crippen LogP) is 4.44. The Balaban J connectivity index is 1.39. The van der Waals surface area contributed by atoms with E-state index in [1.54, 1.807) is 36.4 Å². The first kappa shape index (κ1) is 15.6. The van der Waals surface area contributed by atoms with Crippen molar-refractivity contribution in [2.24, 2.45) is 23.7 Å². The van der Waals surface area contributed by atoms with Gasteiger partial charge in [0, 0.05) is 0 Å². The van der Waals surface area contributed by atoms with E-state index >= 15 is 0 Å². The molecule has 5 heteroatoms. The minimum absolute atomic E-state index is 0.0726. The second-order valence-corrected chi connectivity index (χ2v) is 7.45. The summed E-state index contributed by atoms with van der Waals surface area (Å²) in [4.78, 5) is 27.0. The van der Waals surface area contributed by atoms with Crippen LogP contribution in [0.25, 0.3) is 0 Å². The fourth-order valence-corrected chi connectivity index (χ4v) is 4.65. The first-order valence-electron chi connectivity index (χ1n) is 8.72. The van der Waals surface area contributed by atoms with Crippen molar-refractivity contribution in [3.05, 3.63) is 65.7 Å². The summed E-state index contributed by atoms with van der Waals surface area (Å²) in [7, 11) is 0. The molecule has 26 heavy (non-hydrogen) atoms. The number of nitrogens with zero attached hydrogens (tertiary/aromatic N) is 1. The smallest absolute Gasteiger partial charge is 0.238 e. The lowest BCUT2D eigenvalue weighted by molar-refractivity contribution is -0.123. The lowest BCUT2D eigenvalue weighted by Gasteiger charge is -2.17. The van der Waals surface area contributed by atoms with Gasteiger partial charge in [-0.15, -0.1) is 0 Å². The van der Waals surface area contributed by atoms with Crippen LogP contribution >= 0.6 is 11.6 Å². The average Bonchev–Trinajstić information content (AvgIpc) is 3.32. The number of fused-ring (bicyclic) bond motifs is 5. The Morgan fingerprint density at radius 3 is 2.12 bits per heavy atom. The lowest BCUT2D eigenvalue weighted by atomic mass is 9.85. The van der Waals surface area contributed by atoms with Gasteiger partial charge in [0.2, 0.25) is 11.8 Å². The Bertz CT molecular complexity index is 907. The summed E-state index contributed by atoms with van der Waals surface area (Å²) in [6.45, 7) is 0. The van der Waals surface area contributed by atoms with Crippen molar-refractivity contribution < 1.29 is 14.3 Å². The maximum absolute atomic E-state index is 12.8. The largest absolute Gasteiger partial charge is 0.456 e. The van der Waals surface area contributed by atoms with E-state index in [0.717, 1.165) is 6.42 Å². The third kappa shape index (κ3) is 2.22. The molecular formula is C21H16ClNO3. The van der Waals surface area contributed by atoms with Crippen molar-refractivity contribution in [2.45, 2.75) is 6.42 Å². The molecule has 2 aromatic carbocycles. The van der Waals surface area contributed by atoms with E-state index in [4.69, 9.17) is 16.3 Å². The van der Waals surface area contributed by atoms with Gasteiger partial charge < -0.3 is 4.74 Å². The van der Waals surface area contributed by atoms with Crippen LogP contribution in [0.5, 0.6) is 11.5 Å². The minimum atomic E-state index is -0.184. The van der Waals surface area contributed by atoms with Crippen LogP contribution in [0, 0.1) is 23.7 Å². The summed E-state index contributed by atoms with van der Waals surface area (Å²) >= 11 is 6.11. The molecule has 4 atom stereocenters. The van der Waals surface area contributed by atoms with E-state index in [0.29, 0.717) is 22.2 Å². The molecule has 0 aromatic heterocycles. The monoisotopic (exact) mass is 365 g/mol. The van der Waals surface area contributed by atoms with Gasteiger partial charge >= 0.3 is 0 Å². The normalized spacial score (nSPS) is 28.7. The number of ether oxygens (including phenoxy) is 1. The fraction of sp³-hybridized carbons (Fsp3) is 0.238. The molecular weight excluding hydrogens is 350 g/mol. The standard InChI is InChI=1S/C21H16ClNO3/c22-16-3-1-2-4-17(16)26-15-9-7-14(8-10-15)23-20(24)18-12-5-6-13(11-12)19(18)21(23)25/h1-10,12-13,18-19H,11H2/t12-,13+,18-,19-/m0/s1. The fourth-order valence-electron chi connectivity index (χ4n) is 4.47. The Kier molecular flexibility index (Phi) is 3.44. The van der Waals surface area contributed by atoms with E-state index in [2.05, 4.69) is 12.2 Å². The maximum atomic E-state index is 12.8. The number of amides is 2. The van der Waals surface area contributed by atoms with Gasteiger partial charge in [-0.1, -0.05) is 35.9 Å². The number of halogens is 1. The molecule has 2 fully saturated rings. The van der Waals surface area contributed by atoms with E-state index < -0.39 is 0 Å². The van der Waals surface area contributed by atoms with Crippen molar-refractivity contribution in [1.29, 1.82) is 0 Å². The van der Waals surface area contributed by atoms with Crippen LogP contribution < -0.4 is 9.64 Å². The number of carbonyl (C=O) groups excluding carboxylic acids is 2. The molecule has 130 valence electrons. The molecule has 0 N–H and O–H groups in total. The highest BCUT2D eigenvalue weighted by atomic mass is 35.5. The van der Waals surface area contributed by atoms with Gasteiger partial charge in [0.15, 0.2) is 0 Å². The number of imide groups is 1. The van der Waals surface area contributed by atoms with Crippen molar-refractivity contribution >= 4 is 29.1 Å². The number of rotatable bonds is 3. The zero-order valence-electron chi connectivity index (χ0n) is 13.8. The Morgan fingerprint density at radius 2 is 1.50 bits per heavy atom. The summed E-state index contributed by atoms with van der Waals surface area (Å²) in [5.41, 5.74) is 0.598. The number of para-hydroxylation sites is 1. The van der Waals surface area contributed by atoms with E-state index in [1.807, 2.05) is 12.1 Å².